The van der Waals surface area contributed by atoms with E-state index in [2.05, 4.69) is 22.4 Å². The lowest BCUT2D eigenvalue weighted by Gasteiger charge is -2.17. The highest BCUT2D eigenvalue weighted by molar-refractivity contribution is 8.00. The molecule has 2 aromatic heterocycles. The number of hydrogen-bond acceptors (Lipinski definition) is 5. The normalized spacial score (nSPS) is 13.3. The van der Waals surface area contributed by atoms with Crippen LogP contribution in [0.2, 0.25) is 0 Å². The van der Waals surface area contributed by atoms with Crippen molar-refractivity contribution in [3.05, 3.63) is 70.3 Å². The van der Waals surface area contributed by atoms with Crippen LogP contribution in [0.4, 0.5) is 4.39 Å². The van der Waals surface area contributed by atoms with Gasteiger partial charge < -0.3 is 5.32 Å². The molecule has 1 N–H and O–H groups in total. The third-order valence-electron chi connectivity index (χ3n) is 5.59. The number of carbonyl (C=O) groups is 1. The fraction of sp³-hybridized carbons (Fsp3) is 0.333. The van der Waals surface area contributed by atoms with Crippen molar-refractivity contribution in [2.75, 3.05) is 0 Å². The van der Waals surface area contributed by atoms with Crippen LogP contribution >= 0.6 is 11.8 Å². The van der Waals surface area contributed by atoms with Crippen molar-refractivity contribution in [2.45, 2.75) is 56.6 Å². The maximum absolute atomic E-state index is 13.2. The minimum Gasteiger partial charge on any atom is -0.349 e. The molecule has 4 rings (SSSR count). The fourth-order valence-corrected chi connectivity index (χ4v) is 4.57. The van der Waals surface area contributed by atoms with E-state index in [1.165, 1.54) is 23.9 Å². The van der Waals surface area contributed by atoms with Crippen molar-refractivity contribution in [2.24, 2.45) is 0 Å². The van der Waals surface area contributed by atoms with Gasteiger partial charge >= 0.3 is 0 Å². The number of para-hydroxylation sites is 1. The molecule has 0 radical (unpaired) electrons. The van der Waals surface area contributed by atoms with E-state index in [1.807, 2.05) is 29.5 Å². The van der Waals surface area contributed by atoms with Gasteiger partial charge in [0.2, 0.25) is 11.7 Å². The molecule has 0 fully saturated rings. The first kappa shape index (κ1) is 23.0. The number of halogens is 1. The summed E-state index contributed by atoms with van der Waals surface area (Å²) in [5.41, 5.74) is 1.44. The molecule has 2 heterocycles. The van der Waals surface area contributed by atoms with E-state index in [-0.39, 0.29) is 23.3 Å². The summed E-state index contributed by atoms with van der Waals surface area (Å²) in [6, 6.07) is 13.2. The Morgan fingerprint density at radius 2 is 1.85 bits per heavy atom. The van der Waals surface area contributed by atoms with E-state index < -0.39 is 5.25 Å². The maximum atomic E-state index is 13.2. The van der Waals surface area contributed by atoms with Gasteiger partial charge in [-0.15, -0.1) is 10.2 Å². The van der Waals surface area contributed by atoms with Crippen molar-refractivity contribution in [1.29, 1.82) is 0 Å². The summed E-state index contributed by atoms with van der Waals surface area (Å²) >= 11 is 1.28. The van der Waals surface area contributed by atoms with E-state index >= 15 is 0 Å². The van der Waals surface area contributed by atoms with Crippen LogP contribution in [0.5, 0.6) is 0 Å². The summed E-state index contributed by atoms with van der Waals surface area (Å²) in [7, 11) is 0. The molecule has 0 aliphatic carbocycles. The number of thioether (sulfide) groups is 1. The summed E-state index contributed by atoms with van der Waals surface area (Å²) in [4.78, 5) is 25.9. The first-order valence-corrected chi connectivity index (χ1v) is 11.9. The van der Waals surface area contributed by atoms with Crippen LogP contribution in [0.15, 0.2) is 58.5 Å². The van der Waals surface area contributed by atoms with Gasteiger partial charge in [0.05, 0.1) is 22.2 Å². The number of benzene rings is 2. The van der Waals surface area contributed by atoms with Crippen LogP contribution in [0.1, 0.15) is 45.2 Å². The lowest BCUT2D eigenvalue weighted by molar-refractivity contribution is -0.120. The largest absolute Gasteiger partial charge is 0.349 e. The molecule has 33 heavy (non-hydrogen) atoms. The van der Waals surface area contributed by atoms with Crippen LogP contribution in [0.3, 0.4) is 0 Å². The van der Waals surface area contributed by atoms with E-state index in [1.54, 1.807) is 29.7 Å². The molecule has 172 valence electrons. The zero-order valence-corrected chi connectivity index (χ0v) is 19.6. The predicted octanol–water partition coefficient (Wildman–Crippen LogP) is 4.34. The van der Waals surface area contributed by atoms with Crippen LogP contribution in [0.25, 0.3) is 16.7 Å². The summed E-state index contributed by atoms with van der Waals surface area (Å²) < 4.78 is 16.7. The quantitative estimate of drug-likeness (QED) is 0.390. The number of nitrogens with one attached hydrogen (secondary N) is 1. The van der Waals surface area contributed by atoms with Crippen LogP contribution in [-0.2, 0) is 11.3 Å². The summed E-state index contributed by atoms with van der Waals surface area (Å²) in [5.74, 6) is -0.0105. The molecule has 0 unspecified atom stereocenters. The van der Waals surface area contributed by atoms with E-state index in [0.717, 1.165) is 18.4 Å². The van der Waals surface area contributed by atoms with Crippen LogP contribution in [0, 0.1) is 5.82 Å². The molecule has 0 saturated heterocycles. The Kier molecular flexibility index (Phi) is 6.78. The summed E-state index contributed by atoms with van der Waals surface area (Å²) in [6.45, 7) is 6.28. The van der Waals surface area contributed by atoms with Crippen LogP contribution < -0.4 is 10.9 Å². The Labute approximate surface area is 195 Å². The average molecular weight is 468 g/mol. The van der Waals surface area contributed by atoms with Gasteiger partial charge in [-0.1, -0.05) is 49.4 Å². The molecule has 1 amide bonds. The van der Waals surface area contributed by atoms with Crippen molar-refractivity contribution < 1.29 is 9.18 Å². The monoisotopic (exact) mass is 467 g/mol. The van der Waals surface area contributed by atoms with Gasteiger partial charge in [0, 0.05) is 6.54 Å². The zero-order valence-electron chi connectivity index (χ0n) is 18.8. The van der Waals surface area contributed by atoms with Gasteiger partial charge in [-0.3, -0.25) is 18.6 Å². The van der Waals surface area contributed by atoms with Gasteiger partial charge in [-0.2, -0.15) is 0 Å². The Morgan fingerprint density at radius 1 is 1.12 bits per heavy atom. The average Bonchev–Trinajstić information content (AvgIpc) is 3.22. The Morgan fingerprint density at radius 3 is 2.58 bits per heavy atom. The smallest absolute Gasteiger partial charge is 0.262 e. The second kappa shape index (κ2) is 9.74. The molecule has 7 nitrogen and oxygen atoms in total. The predicted molar refractivity (Wildman–Crippen MR) is 128 cm³/mol. The lowest BCUT2D eigenvalue weighted by Crippen LogP contribution is -2.33. The van der Waals surface area contributed by atoms with Gasteiger partial charge in [0.15, 0.2) is 5.16 Å². The topological polar surface area (TPSA) is 81.3 Å². The molecule has 9 heteroatoms. The van der Waals surface area contributed by atoms with E-state index in [4.69, 9.17) is 0 Å². The molecule has 0 aliphatic rings. The van der Waals surface area contributed by atoms with E-state index in [9.17, 15) is 14.0 Å². The Hall–Kier alpha value is -3.20. The second-order valence-electron chi connectivity index (χ2n) is 7.99. The number of aryl methyl sites for hydroxylation is 1. The highest BCUT2D eigenvalue weighted by Gasteiger charge is 2.22. The van der Waals surface area contributed by atoms with Gasteiger partial charge in [0.1, 0.15) is 5.82 Å². The Balaban J connectivity index is 1.63. The molecule has 0 bridgehead atoms. The van der Waals surface area contributed by atoms with E-state index in [0.29, 0.717) is 28.4 Å². The van der Waals surface area contributed by atoms with Crippen molar-refractivity contribution in [3.63, 3.8) is 0 Å². The highest BCUT2D eigenvalue weighted by Crippen LogP contribution is 2.26. The van der Waals surface area contributed by atoms with Gasteiger partial charge in [0.25, 0.3) is 5.56 Å². The first-order chi connectivity index (χ1) is 15.9. The third-order valence-corrected chi connectivity index (χ3v) is 6.64. The molecular formula is C24H26FN5O2S. The van der Waals surface area contributed by atoms with Crippen LogP contribution in [-0.4, -0.2) is 30.3 Å². The molecule has 0 saturated carbocycles. The van der Waals surface area contributed by atoms with Crippen molar-refractivity contribution in [1.82, 2.24) is 24.5 Å². The number of hydrogen-bond donors (Lipinski definition) is 1. The second-order valence-corrected chi connectivity index (χ2v) is 9.30. The molecule has 2 atom stereocenters. The number of rotatable bonds is 8. The number of unbranched alkanes of at least 4 members (excludes halogenated alkanes) is 1. The fourth-order valence-electron chi connectivity index (χ4n) is 3.70. The van der Waals surface area contributed by atoms with Gasteiger partial charge in [-0.25, -0.2) is 4.39 Å². The number of fused-ring (bicyclic) bond motifs is 3. The third kappa shape index (κ3) is 4.64. The molecular weight excluding hydrogens is 441 g/mol. The SMILES string of the molecule is CCCCn1c(=O)c2ccccc2n2c(S[C@H](C)C(=O)N[C@@H](C)c3ccc(F)cc3)nnc12. The number of amides is 1. The molecule has 0 aliphatic heterocycles. The first-order valence-electron chi connectivity index (χ1n) is 11.0. The number of nitrogens with zero attached hydrogens (tertiary/aromatic N) is 4. The number of carbonyl (C=O) groups excluding carboxylic acids is 1. The highest BCUT2D eigenvalue weighted by atomic mass is 32.2. The Bertz CT molecular complexity index is 1350. The lowest BCUT2D eigenvalue weighted by atomic mass is 10.1. The summed E-state index contributed by atoms with van der Waals surface area (Å²) in [6.07, 6.45) is 1.80. The minimum absolute atomic E-state index is 0.0885. The minimum atomic E-state index is -0.463. The standard InChI is InChI=1S/C24H26FN5O2S/c1-4-5-14-29-22(32)19-8-6-7-9-20(19)30-23(29)27-28-24(30)33-16(3)21(31)26-15(2)17-10-12-18(25)13-11-17/h6-13,15-16H,4-5,14H2,1-3H3,(H,26,31)/t15-,16+/m0/s1. The van der Waals surface area contributed by atoms with Gasteiger partial charge in [-0.05, 0) is 50.1 Å². The summed E-state index contributed by atoms with van der Waals surface area (Å²) in [5, 5.41) is 12.3. The van der Waals surface area contributed by atoms with Crippen molar-refractivity contribution >= 4 is 34.3 Å². The molecule has 4 aromatic rings. The number of aromatic nitrogens is 4. The van der Waals surface area contributed by atoms with Crippen molar-refractivity contribution in [3.8, 4) is 0 Å². The zero-order chi connectivity index (χ0) is 23.5. The molecule has 2 aromatic carbocycles. The maximum Gasteiger partial charge on any atom is 0.262 e. The molecule has 0 spiro atoms.